The van der Waals surface area contributed by atoms with Gasteiger partial charge in [-0.2, -0.15) is 11.8 Å². The van der Waals surface area contributed by atoms with Gasteiger partial charge in [0.15, 0.2) is 0 Å². The first-order valence-corrected chi connectivity index (χ1v) is 8.48. The number of nitrogens with zero attached hydrogens (tertiary/aromatic N) is 1. The van der Waals surface area contributed by atoms with Crippen molar-refractivity contribution in [1.29, 1.82) is 0 Å². The first kappa shape index (κ1) is 16.9. The molecule has 2 atom stereocenters. The Balaban J connectivity index is 2.29. The van der Waals surface area contributed by atoms with Crippen molar-refractivity contribution >= 4 is 40.7 Å². The topological polar surface area (TPSA) is 81.5 Å². The molecule has 22 heavy (non-hydrogen) atoms. The predicted octanol–water partition coefficient (Wildman–Crippen LogP) is 3.73. The summed E-state index contributed by atoms with van der Waals surface area (Å²) in [7, 11) is 1.21. The molecule has 8 heteroatoms. The van der Waals surface area contributed by atoms with Gasteiger partial charge in [0.1, 0.15) is 5.69 Å². The van der Waals surface area contributed by atoms with Gasteiger partial charge < -0.3 is 10.1 Å². The summed E-state index contributed by atoms with van der Waals surface area (Å²) in [5.41, 5.74) is 0.168. The van der Waals surface area contributed by atoms with Crippen molar-refractivity contribution in [3.63, 3.8) is 0 Å². The van der Waals surface area contributed by atoms with Gasteiger partial charge in [-0.15, -0.1) is 0 Å². The second kappa shape index (κ2) is 7.19. The minimum absolute atomic E-state index is 0.00479. The van der Waals surface area contributed by atoms with E-state index in [2.05, 4.69) is 16.3 Å². The number of nitrogens with one attached hydrogen (secondary N) is 1. The molecule has 0 heterocycles. The van der Waals surface area contributed by atoms with Crippen LogP contribution in [0.15, 0.2) is 12.1 Å². The van der Waals surface area contributed by atoms with Crippen LogP contribution in [0.3, 0.4) is 0 Å². The lowest BCUT2D eigenvalue weighted by atomic mass is 10.1. The summed E-state index contributed by atoms with van der Waals surface area (Å²) < 4.78 is 4.58. The lowest BCUT2D eigenvalue weighted by molar-refractivity contribution is -0.384. The van der Waals surface area contributed by atoms with Crippen molar-refractivity contribution < 1.29 is 14.5 Å². The number of rotatable bonds is 5. The number of benzene rings is 1. The average molecular weight is 345 g/mol. The molecule has 1 aromatic rings. The molecule has 2 rings (SSSR count). The van der Waals surface area contributed by atoms with Crippen molar-refractivity contribution in [2.45, 2.75) is 30.6 Å². The van der Waals surface area contributed by atoms with E-state index in [1.807, 2.05) is 11.8 Å². The third kappa shape index (κ3) is 3.64. The summed E-state index contributed by atoms with van der Waals surface area (Å²) in [5.74, 6) is -0.692. The molecule has 0 spiro atoms. The SMILES string of the molecule is COC(=O)c1cc([N+](=O)[O-])c(NC2CCC(SC)C2)cc1Cl. The van der Waals surface area contributed by atoms with Crippen LogP contribution in [0.2, 0.25) is 5.02 Å². The van der Waals surface area contributed by atoms with E-state index in [-0.39, 0.29) is 22.3 Å². The van der Waals surface area contributed by atoms with Crippen LogP contribution in [0, 0.1) is 10.1 Å². The largest absolute Gasteiger partial charge is 0.465 e. The quantitative estimate of drug-likeness (QED) is 0.498. The van der Waals surface area contributed by atoms with Crippen LogP contribution in [-0.2, 0) is 4.74 Å². The molecule has 0 aliphatic heterocycles. The number of carbonyl (C=O) groups is 1. The van der Waals surface area contributed by atoms with Crippen molar-refractivity contribution in [3.05, 3.63) is 32.8 Å². The normalized spacial score (nSPS) is 20.7. The van der Waals surface area contributed by atoms with Crippen LogP contribution in [0.4, 0.5) is 11.4 Å². The number of halogens is 1. The fourth-order valence-corrected chi connectivity index (χ4v) is 3.64. The standard InChI is InChI=1S/C14H17ClN2O4S/c1-21-14(18)10-6-13(17(19)20)12(7-11(10)15)16-8-3-4-9(5-8)22-2/h6-9,16H,3-5H2,1-2H3. The third-order valence-corrected chi connectivity index (χ3v) is 5.17. The van der Waals surface area contributed by atoms with E-state index in [0.717, 1.165) is 25.3 Å². The molecule has 1 saturated carbocycles. The molecule has 1 aliphatic rings. The predicted molar refractivity (Wildman–Crippen MR) is 88.0 cm³/mol. The van der Waals surface area contributed by atoms with E-state index in [9.17, 15) is 14.9 Å². The summed E-state index contributed by atoms with van der Waals surface area (Å²) in [5, 5.41) is 15.2. The fourth-order valence-electron chi connectivity index (χ4n) is 2.60. The highest BCUT2D eigenvalue weighted by atomic mass is 35.5. The molecule has 0 radical (unpaired) electrons. The molecule has 0 amide bonds. The number of nitro groups is 1. The first-order valence-electron chi connectivity index (χ1n) is 6.81. The Labute approximate surface area is 137 Å². The smallest absolute Gasteiger partial charge is 0.339 e. The molecule has 2 unspecified atom stereocenters. The second-order valence-electron chi connectivity index (χ2n) is 5.11. The molecule has 0 bridgehead atoms. The van der Waals surface area contributed by atoms with Crippen LogP contribution in [-0.4, -0.2) is 35.5 Å². The average Bonchev–Trinajstić information content (AvgIpc) is 2.94. The molecule has 1 aliphatic carbocycles. The Bertz CT molecular complexity index is 596. The summed E-state index contributed by atoms with van der Waals surface area (Å²) in [6.07, 6.45) is 5.06. The minimum Gasteiger partial charge on any atom is -0.465 e. The number of carbonyl (C=O) groups excluding carboxylic acids is 1. The molecular weight excluding hydrogens is 328 g/mol. The van der Waals surface area contributed by atoms with Crippen molar-refractivity contribution in [3.8, 4) is 0 Å². The van der Waals surface area contributed by atoms with Gasteiger partial charge in [-0.05, 0) is 31.6 Å². The number of hydrogen-bond acceptors (Lipinski definition) is 6. The van der Waals surface area contributed by atoms with Gasteiger partial charge in [-0.25, -0.2) is 4.79 Å². The highest BCUT2D eigenvalue weighted by Gasteiger charge is 2.27. The number of ether oxygens (including phenoxy) is 1. The van der Waals surface area contributed by atoms with Crippen LogP contribution in [0.5, 0.6) is 0 Å². The molecule has 1 fully saturated rings. The maximum atomic E-state index is 11.6. The zero-order valence-corrected chi connectivity index (χ0v) is 13.9. The van der Waals surface area contributed by atoms with Gasteiger partial charge in [-0.1, -0.05) is 11.6 Å². The van der Waals surface area contributed by atoms with Gasteiger partial charge in [0, 0.05) is 17.4 Å². The monoisotopic (exact) mass is 344 g/mol. The van der Waals surface area contributed by atoms with Crippen LogP contribution in [0.1, 0.15) is 29.6 Å². The van der Waals surface area contributed by atoms with Crippen LogP contribution < -0.4 is 5.32 Å². The highest BCUT2D eigenvalue weighted by Crippen LogP contribution is 2.35. The minimum atomic E-state index is -0.692. The van der Waals surface area contributed by atoms with Crippen LogP contribution >= 0.6 is 23.4 Å². The molecule has 6 nitrogen and oxygen atoms in total. The molecular formula is C14H17ClN2O4S. The Morgan fingerprint density at radius 1 is 1.50 bits per heavy atom. The maximum Gasteiger partial charge on any atom is 0.339 e. The Morgan fingerprint density at radius 3 is 2.77 bits per heavy atom. The van der Waals surface area contributed by atoms with E-state index in [1.54, 1.807) is 0 Å². The van der Waals surface area contributed by atoms with E-state index in [1.165, 1.54) is 13.2 Å². The lowest BCUT2D eigenvalue weighted by Gasteiger charge is -2.15. The number of hydrogen-bond donors (Lipinski definition) is 1. The molecule has 1 N–H and O–H groups in total. The zero-order chi connectivity index (χ0) is 16.3. The van der Waals surface area contributed by atoms with Crippen molar-refractivity contribution in [2.75, 3.05) is 18.7 Å². The second-order valence-corrected chi connectivity index (χ2v) is 6.66. The van der Waals surface area contributed by atoms with E-state index < -0.39 is 10.9 Å². The Kier molecular flexibility index (Phi) is 5.52. The zero-order valence-electron chi connectivity index (χ0n) is 12.3. The van der Waals surface area contributed by atoms with Gasteiger partial charge in [0.2, 0.25) is 0 Å². The fraction of sp³-hybridized carbons (Fsp3) is 0.500. The van der Waals surface area contributed by atoms with Gasteiger partial charge in [0.05, 0.1) is 22.6 Å². The summed E-state index contributed by atoms with van der Waals surface area (Å²) in [6.45, 7) is 0. The molecule has 1 aromatic carbocycles. The highest BCUT2D eigenvalue weighted by molar-refractivity contribution is 7.99. The summed E-state index contributed by atoms with van der Waals surface area (Å²) in [6, 6.07) is 2.77. The number of thioether (sulfide) groups is 1. The van der Waals surface area contributed by atoms with Crippen molar-refractivity contribution in [1.82, 2.24) is 0 Å². The molecule has 120 valence electrons. The first-order chi connectivity index (χ1) is 10.5. The van der Waals surface area contributed by atoms with E-state index in [0.29, 0.717) is 10.9 Å². The van der Waals surface area contributed by atoms with Gasteiger partial charge >= 0.3 is 5.97 Å². The Hall–Kier alpha value is -1.47. The molecule has 0 aromatic heterocycles. The van der Waals surface area contributed by atoms with Crippen LogP contribution in [0.25, 0.3) is 0 Å². The lowest BCUT2D eigenvalue weighted by Crippen LogP contribution is -2.17. The number of esters is 1. The summed E-state index contributed by atoms with van der Waals surface area (Å²) >= 11 is 7.86. The van der Waals surface area contributed by atoms with Gasteiger partial charge in [0.25, 0.3) is 5.69 Å². The molecule has 0 saturated heterocycles. The third-order valence-electron chi connectivity index (χ3n) is 3.76. The van der Waals surface area contributed by atoms with E-state index in [4.69, 9.17) is 11.6 Å². The Morgan fingerprint density at radius 2 is 2.23 bits per heavy atom. The van der Waals surface area contributed by atoms with Crippen molar-refractivity contribution in [2.24, 2.45) is 0 Å². The number of nitro benzene ring substituents is 1. The maximum absolute atomic E-state index is 11.6. The van der Waals surface area contributed by atoms with E-state index >= 15 is 0 Å². The number of anilines is 1. The van der Waals surface area contributed by atoms with Gasteiger partial charge in [-0.3, -0.25) is 10.1 Å². The summed E-state index contributed by atoms with van der Waals surface area (Å²) in [4.78, 5) is 22.3. The number of methoxy groups -OCH3 is 1.